The van der Waals surface area contributed by atoms with Gasteiger partial charge in [0.1, 0.15) is 46.2 Å². The van der Waals surface area contributed by atoms with Crippen molar-refractivity contribution in [3.63, 3.8) is 0 Å². The lowest BCUT2D eigenvalue weighted by atomic mass is 10.0. The van der Waals surface area contributed by atoms with Crippen LogP contribution in [0.3, 0.4) is 0 Å². The van der Waals surface area contributed by atoms with Crippen LogP contribution in [0.2, 0.25) is 0 Å². The van der Waals surface area contributed by atoms with E-state index in [1.165, 1.54) is 6.07 Å². The fourth-order valence-electron chi connectivity index (χ4n) is 2.12. The normalized spacial score (nSPS) is 11.5. The van der Waals surface area contributed by atoms with Gasteiger partial charge in [0.15, 0.2) is 0 Å². The number of nitriles is 1. The largest absolute Gasteiger partial charge is 0.432 e. The number of hydrogen-bond acceptors (Lipinski definition) is 2. The summed E-state index contributed by atoms with van der Waals surface area (Å²) in [7, 11) is 0. The third-order valence-corrected chi connectivity index (χ3v) is 3.40. The van der Waals surface area contributed by atoms with Gasteiger partial charge in [-0.2, -0.15) is 14.0 Å². The Bertz CT molecular complexity index is 811. The quantitative estimate of drug-likeness (QED) is 0.688. The second-order valence-electron chi connectivity index (χ2n) is 5.51. The zero-order chi connectivity index (χ0) is 18.9. The highest BCUT2D eigenvalue weighted by Crippen LogP contribution is 2.37. The van der Waals surface area contributed by atoms with Crippen molar-refractivity contribution in [2.45, 2.75) is 25.9 Å². The molecule has 0 radical (unpaired) electrons. The highest BCUT2D eigenvalue weighted by Gasteiger charge is 2.41. The molecule has 2 aromatic carbocycles. The average Bonchev–Trinajstić information content (AvgIpc) is 2.45. The van der Waals surface area contributed by atoms with Gasteiger partial charge < -0.3 is 4.74 Å². The fraction of sp³-hybridized carbons (Fsp3) is 0.235. The monoisotopic (exact) mass is 359 g/mol. The van der Waals surface area contributed by atoms with E-state index in [4.69, 9.17) is 5.26 Å². The first kappa shape index (κ1) is 18.6. The Balaban J connectivity index is 2.45. The molecule has 0 aliphatic carbocycles. The van der Waals surface area contributed by atoms with Crippen molar-refractivity contribution in [3.8, 4) is 11.8 Å². The van der Waals surface area contributed by atoms with Crippen LogP contribution in [-0.4, -0.2) is 0 Å². The van der Waals surface area contributed by atoms with Gasteiger partial charge >= 0.3 is 6.11 Å². The molecule has 0 aliphatic heterocycles. The lowest BCUT2D eigenvalue weighted by Crippen LogP contribution is -2.25. The molecule has 132 valence electrons. The molecule has 0 unspecified atom stereocenters. The molecule has 25 heavy (non-hydrogen) atoms. The van der Waals surface area contributed by atoms with Gasteiger partial charge in [0.2, 0.25) is 0 Å². The van der Waals surface area contributed by atoms with E-state index < -0.39 is 46.3 Å². The van der Waals surface area contributed by atoms with Crippen molar-refractivity contribution in [2.24, 2.45) is 0 Å². The molecule has 2 rings (SSSR count). The summed E-state index contributed by atoms with van der Waals surface area (Å²) in [5, 5.41) is 8.53. The van der Waals surface area contributed by atoms with E-state index in [1.807, 2.05) is 0 Å². The van der Waals surface area contributed by atoms with Gasteiger partial charge in [-0.25, -0.2) is 17.6 Å². The molecule has 0 bridgehead atoms. The van der Waals surface area contributed by atoms with Gasteiger partial charge in [-0.1, -0.05) is 13.8 Å². The number of hydrogen-bond donors (Lipinski definition) is 0. The van der Waals surface area contributed by atoms with Crippen molar-refractivity contribution < 1.29 is 31.1 Å². The SMILES string of the molecule is CC(C)c1cc(F)c(C(F)(F)Oc2cc(F)c(C#N)c(F)c2)c(F)c1. The zero-order valence-electron chi connectivity index (χ0n) is 13.0. The first-order chi connectivity index (χ1) is 11.6. The second kappa shape index (κ2) is 6.67. The van der Waals surface area contributed by atoms with Gasteiger partial charge in [-0.3, -0.25) is 0 Å². The maximum atomic E-state index is 14.1. The Kier molecular flexibility index (Phi) is 4.97. The van der Waals surface area contributed by atoms with E-state index in [0.717, 1.165) is 12.1 Å². The van der Waals surface area contributed by atoms with E-state index in [2.05, 4.69) is 4.74 Å². The molecule has 0 N–H and O–H groups in total. The Labute approximate surface area is 139 Å². The molecular weight excluding hydrogens is 348 g/mol. The topological polar surface area (TPSA) is 33.0 Å². The summed E-state index contributed by atoms with van der Waals surface area (Å²) in [5.41, 5.74) is -2.51. The van der Waals surface area contributed by atoms with Crippen LogP contribution in [0.5, 0.6) is 5.75 Å². The van der Waals surface area contributed by atoms with Crippen LogP contribution in [-0.2, 0) is 6.11 Å². The minimum absolute atomic E-state index is 0.157. The highest BCUT2D eigenvalue weighted by molar-refractivity contribution is 5.38. The van der Waals surface area contributed by atoms with E-state index >= 15 is 0 Å². The summed E-state index contributed by atoms with van der Waals surface area (Å²) in [5.74, 6) is -7.32. The molecule has 0 amide bonds. The minimum atomic E-state index is -4.53. The Morgan fingerprint density at radius 3 is 1.80 bits per heavy atom. The minimum Gasteiger partial charge on any atom is -0.429 e. The Morgan fingerprint density at radius 2 is 1.40 bits per heavy atom. The number of rotatable bonds is 4. The smallest absolute Gasteiger partial charge is 0.429 e. The molecule has 0 saturated heterocycles. The molecule has 2 aromatic rings. The van der Waals surface area contributed by atoms with Crippen LogP contribution in [0.25, 0.3) is 0 Å². The third-order valence-electron chi connectivity index (χ3n) is 3.40. The summed E-state index contributed by atoms with van der Waals surface area (Å²) in [6, 6.07) is 3.33. The summed E-state index contributed by atoms with van der Waals surface area (Å²) in [6.07, 6.45) is -4.53. The van der Waals surface area contributed by atoms with Crippen LogP contribution in [0.1, 0.15) is 36.5 Å². The number of nitrogens with zero attached hydrogens (tertiary/aromatic N) is 1. The molecule has 0 fully saturated rings. The van der Waals surface area contributed by atoms with Gasteiger partial charge in [0.25, 0.3) is 0 Å². The van der Waals surface area contributed by atoms with Crippen molar-refractivity contribution in [1.29, 1.82) is 5.26 Å². The second-order valence-corrected chi connectivity index (χ2v) is 5.51. The number of ether oxygens (including phenoxy) is 1. The van der Waals surface area contributed by atoms with Crippen LogP contribution in [0.4, 0.5) is 26.3 Å². The van der Waals surface area contributed by atoms with E-state index in [-0.39, 0.29) is 11.5 Å². The standard InChI is InChI=1S/C17H11F6NO/c1-8(2)9-3-14(20)16(15(21)4-9)17(22,23)25-10-5-12(18)11(7-24)13(19)6-10/h3-6,8H,1-2H3. The predicted octanol–water partition coefficient (Wildman–Crippen LogP) is 5.37. The molecular formula is C17H11F6NO. The summed E-state index contributed by atoms with van der Waals surface area (Å²) < 4.78 is 87.2. The van der Waals surface area contributed by atoms with Gasteiger partial charge in [-0.05, 0) is 23.6 Å². The molecule has 2 nitrogen and oxygen atoms in total. The maximum Gasteiger partial charge on any atom is 0.432 e. The van der Waals surface area contributed by atoms with E-state index in [0.29, 0.717) is 12.1 Å². The summed E-state index contributed by atoms with van der Waals surface area (Å²) in [6.45, 7) is 3.23. The Morgan fingerprint density at radius 1 is 0.920 bits per heavy atom. The highest BCUT2D eigenvalue weighted by atomic mass is 19.3. The van der Waals surface area contributed by atoms with Crippen LogP contribution in [0.15, 0.2) is 24.3 Å². The lowest BCUT2D eigenvalue weighted by Gasteiger charge is -2.20. The zero-order valence-corrected chi connectivity index (χ0v) is 13.0. The van der Waals surface area contributed by atoms with E-state index in [9.17, 15) is 26.3 Å². The van der Waals surface area contributed by atoms with Crippen molar-refractivity contribution in [2.75, 3.05) is 0 Å². The molecule has 0 heterocycles. The third kappa shape index (κ3) is 3.71. The fourth-order valence-corrected chi connectivity index (χ4v) is 2.12. The van der Waals surface area contributed by atoms with Crippen molar-refractivity contribution in [3.05, 3.63) is 64.2 Å². The molecule has 0 aromatic heterocycles. The van der Waals surface area contributed by atoms with Crippen LogP contribution >= 0.6 is 0 Å². The number of alkyl halides is 2. The Hall–Kier alpha value is -2.69. The first-order valence-electron chi connectivity index (χ1n) is 7.02. The molecule has 0 saturated carbocycles. The molecule has 0 spiro atoms. The van der Waals surface area contributed by atoms with E-state index in [1.54, 1.807) is 13.8 Å². The van der Waals surface area contributed by atoms with Crippen LogP contribution in [0, 0.1) is 34.6 Å². The average molecular weight is 359 g/mol. The number of benzene rings is 2. The summed E-state index contributed by atoms with van der Waals surface area (Å²) >= 11 is 0. The first-order valence-corrected chi connectivity index (χ1v) is 7.02. The summed E-state index contributed by atoms with van der Waals surface area (Å²) in [4.78, 5) is 0. The lowest BCUT2D eigenvalue weighted by molar-refractivity contribution is -0.189. The molecule has 8 heteroatoms. The molecule has 0 aliphatic rings. The van der Waals surface area contributed by atoms with Crippen molar-refractivity contribution >= 4 is 0 Å². The van der Waals surface area contributed by atoms with Crippen LogP contribution < -0.4 is 4.74 Å². The maximum absolute atomic E-state index is 14.1. The number of halogens is 6. The van der Waals surface area contributed by atoms with Gasteiger partial charge in [-0.15, -0.1) is 0 Å². The van der Waals surface area contributed by atoms with Gasteiger partial charge in [0.05, 0.1) is 0 Å². The van der Waals surface area contributed by atoms with Crippen molar-refractivity contribution in [1.82, 2.24) is 0 Å². The predicted molar refractivity (Wildman–Crippen MR) is 76.0 cm³/mol. The molecule has 0 atom stereocenters. The van der Waals surface area contributed by atoms with Gasteiger partial charge in [0, 0.05) is 12.1 Å².